The Labute approximate surface area is 188 Å². The molecule has 4 N–H and O–H groups in total. The molecule has 1 aliphatic heterocycles. The van der Waals surface area contributed by atoms with Crippen molar-refractivity contribution in [2.75, 3.05) is 26.2 Å². The fraction of sp³-hybridized carbons (Fsp3) is 1.00. The van der Waals surface area contributed by atoms with E-state index in [1.165, 1.54) is 6.42 Å². The largest absolute Gasteiger partial charge is 0.395 e. The number of likely N-dealkylation sites (tertiary alicyclic amines) is 1. The van der Waals surface area contributed by atoms with Crippen LogP contribution >= 0.6 is 0 Å². The first-order valence-corrected chi connectivity index (χ1v) is 13.3. The summed E-state index contributed by atoms with van der Waals surface area (Å²) in [7, 11) is -3.36. The first-order valence-electron chi connectivity index (χ1n) is 11.9. The average molecular weight is 465 g/mol. The van der Waals surface area contributed by atoms with Crippen molar-refractivity contribution in [3.05, 3.63) is 0 Å². The van der Waals surface area contributed by atoms with Crippen LogP contribution < -0.4 is 0 Å². The molecule has 1 aliphatic carbocycles. The summed E-state index contributed by atoms with van der Waals surface area (Å²) in [6.07, 6.45) is 5.27. The second-order valence-corrected chi connectivity index (χ2v) is 12.9. The van der Waals surface area contributed by atoms with Gasteiger partial charge >= 0.3 is 0 Å². The molecule has 1 heterocycles. The number of β-amino-alcohol motifs (C(OH)–C–C–N with tert-alkyl or cyclic N) is 1. The summed E-state index contributed by atoms with van der Waals surface area (Å²) in [6.45, 7) is 6.43. The fourth-order valence-electron chi connectivity index (χ4n) is 4.79. The van der Waals surface area contributed by atoms with Crippen LogP contribution in [0.4, 0.5) is 0 Å². The predicted molar refractivity (Wildman–Crippen MR) is 121 cm³/mol. The van der Waals surface area contributed by atoms with Crippen LogP contribution in [0.5, 0.6) is 0 Å². The van der Waals surface area contributed by atoms with Crippen LogP contribution in [0.15, 0.2) is 0 Å². The Kier molecular flexibility index (Phi) is 10.2. The van der Waals surface area contributed by atoms with Gasteiger partial charge in [0, 0.05) is 19.1 Å². The third-order valence-corrected chi connectivity index (χ3v) is 9.50. The van der Waals surface area contributed by atoms with Gasteiger partial charge in [0.25, 0.3) is 0 Å². The third-order valence-electron chi connectivity index (χ3n) is 6.85. The molecule has 1 saturated carbocycles. The lowest BCUT2D eigenvalue weighted by atomic mass is 9.94. The normalized spacial score (nSPS) is 29.5. The van der Waals surface area contributed by atoms with Crippen LogP contribution in [0.2, 0.25) is 0 Å². The van der Waals surface area contributed by atoms with Crippen LogP contribution in [0.25, 0.3) is 0 Å². The summed E-state index contributed by atoms with van der Waals surface area (Å²) in [5.74, 6) is 0. The lowest BCUT2D eigenvalue weighted by Gasteiger charge is -2.43. The van der Waals surface area contributed by atoms with Crippen molar-refractivity contribution < 1.29 is 28.8 Å². The van der Waals surface area contributed by atoms with Crippen molar-refractivity contribution in [3.8, 4) is 0 Å². The zero-order chi connectivity index (χ0) is 23.2. The standard InChI is InChI=1S/C22H44N2O6S/c1-22(2,3)31(29,30)24(17-11-7-6-8-12-17)14-10-5-4-9-13-23-15-19(26)21(28)20(27)18(23)16-25/h17-21,25-28H,4-16H2,1-3H3/t18-,19+,20-,21-/m1/s1. The summed E-state index contributed by atoms with van der Waals surface area (Å²) >= 11 is 0. The van der Waals surface area contributed by atoms with E-state index in [1.54, 1.807) is 25.1 Å². The van der Waals surface area contributed by atoms with E-state index in [-0.39, 0.29) is 19.2 Å². The maximum atomic E-state index is 13.2. The van der Waals surface area contributed by atoms with E-state index in [2.05, 4.69) is 0 Å². The molecule has 0 aromatic heterocycles. The van der Waals surface area contributed by atoms with E-state index in [0.29, 0.717) is 13.1 Å². The van der Waals surface area contributed by atoms with E-state index in [1.807, 2.05) is 4.90 Å². The molecule has 2 fully saturated rings. The van der Waals surface area contributed by atoms with Crippen LogP contribution in [0.3, 0.4) is 0 Å². The van der Waals surface area contributed by atoms with Gasteiger partial charge in [0.05, 0.1) is 23.5 Å². The first kappa shape index (κ1) is 27.0. The van der Waals surface area contributed by atoms with E-state index in [9.17, 15) is 28.8 Å². The Morgan fingerprint density at radius 3 is 2.13 bits per heavy atom. The van der Waals surface area contributed by atoms with Gasteiger partial charge in [0.1, 0.15) is 12.2 Å². The molecule has 184 valence electrons. The molecule has 2 aliphatic rings. The van der Waals surface area contributed by atoms with Gasteiger partial charge in [-0.05, 0) is 53.0 Å². The quantitative estimate of drug-likeness (QED) is 0.357. The number of unbranched alkanes of at least 4 members (excludes halogenated alkanes) is 3. The summed E-state index contributed by atoms with van der Waals surface area (Å²) < 4.78 is 27.3. The van der Waals surface area contributed by atoms with E-state index >= 15 is 0 Å². The number of piperidine rings is 1. The molecule has 9 heteroatoms. The zero-order valence-corrected chi connectivity index (χ0v) is 20.3. The molecule has 1 saturated heterocycles. The molecule has 0 spiro atoms. The van der Waals surface area contributed by atoms with Crippen molar-refractivity contribution in [2.24, 2.45) is 0 Å². The summed E-state index contributed by atoms with van der Waals surface area (Å²) in [5, 5.41) is 39.3. The molecule has 0 unspecified atom stereocenters. The minimum atomic E-state index is -3.36. The van der Waals surface area contributed by atoms with Crippen molar-refractivity contribution in [2.45, 2.75) is 114 Å². The number of sulfonamides is 1. The zero-order valence-electron chi connectivity index (χ0n) is 19.5. The summed E-state index contributed by atoms with van der Waals surface area (Å²) in [6, 6.07) is -0.455. The maximum absolute atomic E-state index is 13.2. The van der Waals surface area contributed by atoms with Gasteiger partial charge in [0.15, 0.2) is 0 Å². The van der Waals surface area contributed by atoms with Crippen LogP contribution in [0, 0.1) is 0 Å². The molecule has 0 aromatic carbocycles. The van der Waals surface area contributed by atoms with E-state index < -0.39 is 39.1 Å². The highest BCUT2D eigenvalue weighted by molar-refractivity contribution is 7.90. The molecule has 0 radical (unpaired) electrons. The molecular formula is C22H44N2O6S. The Morgan fingerprint density at radius 2 is 1.55 bits per heavy atom. The first-order chi connectivity index (χ1) is 14.5. The SMILES string of the molecule is CC(C)(C)S(=O)(=O)N(CCCCCCN1C[C@H](O)[C@@H](O)[C@H](O)[C@H]1CO)C1CCCCC1. The lowest BCUT2D eigenvalue weighted by molar-refractivity contribution is -0.145. The fourth-order valence-corrected chi connectivity index (χ4v) is 6.47. The van der Waals surface area contributed by atoms with Crippen LogP contribution in [-0.4, -0.2) is 99.4 Å². The smallest absolute Gasteiger partial charge is 0.219 e. The molecule has 0 aromatic rings. The van der Waals surface area contributed by atoms with Gasteiger partial charge in [-0.15, -0.1) is 0 Å². The number of aliphatic hydroxyl groups is 4. The van der Waals surface area contributed by atoms with Gasteiger partial charge in [-0.3, -0.25) is 4.90 Å². The number of hydrogen-bond donors (Lipinski definition) is 4. The lowest BCUT2D eigenvalue weighted by Crippen LogP contribution is -2.62. The Morgan fingerprint density at radius 1 is 0.935 bits per heavy atom. The van der Waals surface area contributed by atoms with Gasteiger partial charge < -0.3 is 20.4 Å². The number of rotatable bonds is 10. The van der Waals surface area contributed by atoms with Gasteiger partial charge in [0.2, 0.25) is 10.0 Å². The Hall–Kier alpha value is -0.290. The highest BCUT2D eigenvalue weighted by Gasteiger charge is 2.41. The van der Waals surface area contributed by atoms with Gasteiger partial charge in [-0.2, -0.15) is 4.31 Å². The monoisotopic (exact) mass is 464 g/mol. The maximum Gasteiger partial charge on any atom is 0.219 e. The highest BCUT2D eigenvalue weighted by atomic mass is 32.2. The van der Waals surface area contributed by atoms with Crippen LogP contribution in [0.1, 0.15) is 78.6 Å². The topological polar surface area (TPSA) is 122 Å². The molecule has 31 heavy (non-hydrogen) atoms. The number of hydrogen-bond acceptors (Lipinski definition) is 7. The number of nitrogens with zero attached hydrogens (tertiary/aromatic N) is 2. The number of aliphatic hydroxyl groups excluding tert-OH is 4. The predicted octanol–water partition coefficient (Wildman–Crippen LogP) is 1.07. The molecule has 0 bridgehead atoms. The summed E-state index contributed by atoms with van der Waals surface area (Å²) in [5.41, 5.74) is 0. The van der Waals surface area contributed by atoms with E-state index in [0.717, 1.165) is 51.4 Å². The minimum Gasteiger partial charge on any atom is -0.395 e. The molecule has 2 rings (SSSR count). The Bertz CT molecular complexity index is 632. The van der Waals surface area contributed by atoms with Crippen molar-refractivity contribution in [1.29, 1.82) is 0 Å². The minimum absolute atomic E-state index is 0.117. The van der Waals surface area contributed by atoms with Crippen LogP contribution in [-0.2, 0) is 10.0 Å². The summed E-state index contributed by atoms with van der Waals surface area (Å²) in [4.78, 5) is 1.83. The van der Waals surface area contributed by atoms with Crippen molar-refractivity contribution >= 4 is 10.0 Å². The molecule has 4 atom stereocenters. The van der Waals surface area contributed by atoms with Crippen molar-refractivity contribution in [3.63, 3.8) is 0 Å². The second kappa shape index (κ2) is 11.7. The van der Waals surface area contributed by atoms with Crippen molar-refractivity contribution in [1.82, 2.24) is 9.21 Å². The Balaban J connectivity index is 1.82. The van der Waals surface area contributed by atoms with Gasteiger partial charge in [-0.1, -0.05) is 32.1 Å². The molecule has 8 nitrogen and oxygen atoms in total. The van der Waals surface area contributed by atoms with Gasteiger partial charge in [-0.25, -0.2) is 8.42 Å². The molecule has 0 amide bonds. The molecular weight excluding hydrogens is 420 g/mol. The van der Waals surface area contributed by atoms with E-state index in [4.69, 9.17) is 0 Å². The second-order valence-electron chi connectivity index (χ2n) is 10.2. The highest BCUT2D eigenvalue weighted by Crippen LogP contribution is 2.30. The third kappa shape index (κ3) is 6.85. The average Bonchev–Trinajstić information content (AvgIpc) is 2.71.